The maximum Gasteiger partial charge on any atom is 0.115 e. The van der Waals surface area contributed by atoms with Gasteiger partial charge in [0.15, 0.2) is 0 Å². The molecule has 0 amide bonds. The number of rotatable bonds is 2. The fourth-order valence-corrected chi connectivity index (χ4v) is 2.09. The number of hydrogen-bond acceptors (Lipinski definition) is 1. The molecule has 0 bridgehead atoms. The average molecular weight is 246 g/mol. The second-order valence-corrected chi connectivity index (χ2v) is 4.53. The lowest BCUT2D eigenvalue weighted by Crippen LogP contribution is -1.75. The van der Waals surface area contributed by atoms with Gasteiger partial charge in [-0.25, -0.2) is 0 Å². The lowest BCUT2D eigenvalue weighted by Gasteiger charge is -1.99. The largest absolute Gasteiger partial charge is 0.508 e. The van der Waals surface area contributed by atoms with Crippen LogP contribution in [0.1, 0.15) is 11.1 Å². The Labute approximate surface area is 112 Å². The van der Waals surface area contributed by atoms with Crippen LogP contribution in [-0.2, 0) is 0 Å². The van der Waals surface area contributed by atoms with Crippen LogP contribution in [-0.4, -0.2) is 5.11 Å². The van der Waals surface area contributed by atoms with E-state index in [4.69, 9.17) is 0 Å². The van der Waals surface area contributed by atoms with E-state index in [-0.39, 0.29) is 0 Å². The van der Waals surface area contributed by atoms with Crippen molar-refractivity contribution in [2.75, 3.05) is 0 Å². The zero-order valence-electron chi connectivity index (χ0n) is 10.5. The van der Waals surface area contributed by atoms with Crippen molar-refractivity contribution in [3.63, 3.8) is 0 Å². The summed E-state index contributed by atoms with van der Waals surface area (Å²) in [6, 6.07) is 21.9. The molecule has 1 N–H and O–H groups in total. The van der Waals surface area contributed by atoms with Crippen molar-refractivity contribution < 1.29 is 5.11 Å². The van der Waals surface area contributed by atoms with Crippen molar-refractivity contribution in [2.45, 2.75) is 0 Å². The minimum Gasteiger partial charge on any atom is -0.508 e. The lowest BCUT2D eigenvalue weighted by molar-refractivity contribution is 0.475. The molecular formula is C18H14O. The number of phenols is 1. The number of phenolic OH excluding ortho intramolecular Hbond substituents is 1. The molecule has 0 saturated heterocycles. The quantitative estimate of drug-likeness (QED) is 0.649. The smallest absolute Gasteiger partial charge is 0.115 e. The fourth-order valence-electron chi connectivity index (χ4n) is 2.09. The maximum absolute atomic E-state index is 9.24. The van der Waals surface area contributed by atoms with E-state index in [1.165, 1.54) is 16.3 Å². The van der Waals surface area contributed by atoms with E-state index in [2.05, 4.69) is 42.5 Å². The summed E-state index contributed by atoms with van der Waals surface area (Å²) in [5, 5.41) is 11.7. The molecule has 0 atom stereocenters. The summed E-state index contributed by atoms with van der Waals surface area (Å²) in [6.45, 7) is 0. The monoisotopic (exact) mass is 246 g/mol. The highest BCUT2D eigenvalue weighted by molar-refractivity contribution is 5.85. The third kappa shape index (κ3) is 2.66. The van der Waals surface area contributed by atoms with Gasteiger partial charge in [0.1, 0.15) is 5.75 Å². The molecule has 92 valence electrons. The second kappa shape index (κ2) is 4.99. The summed E-state index contributed by atoms with van der Waals surface area (Å²) < 4.78 is 0. The van der Waals surface area contributed by atoms with Crippen LogP contribution in [0.5, 0.6) is 5.75 Å². The van der Waals surface area contributed by atoms with Crippen LogP contribution in [0.2, 0.25) is 0 Å². The van der Waals surface area contributed by atoms with Crippen LogP contribution >= 0.6 is 0 Å². The molecule has 0 aromatic heterocycles. The Morgan fingerprint density at radius 2 is 1.26 bits per heavy atom. The van der Waals surface area contributed by atoms with Gasteiger partial charge in [0.25, 0.3) is 0 Å². The van der Waals surface area contributed by atoms with Crippen LogP contribution in [0.15, 0.2) is 66.7 Å². The molecule has 3 aromatic carbocycles. The molecule has 0 aliphatic heterocycles. The van der Waals surface area contributed by atoms with Gasteiger partial charge in [-0.3, -0.25) is 0 Å². The minimum atomic E-state index is 0.294. The predicted molar refractivity (Wildman–Crippen MR) is 81.0 cm³/mol. The summed E-state index contributed by atoms with van der Waals surface area (Å²) in [6.07, 6.45) is 4.13. The first kappa shape index (κ1) is 11.5. The molecule has 1 heteroatoms. The second-order valence-electron chi connectivity index (χ2n) is 4.53. The zero-order chi connectivity index (χ0) is 13.1. The summed E-state index contributed by atoms with van der Waals surface area (Å²) in [4.78, 5) is 0. The normalized spacial score (nSPS) is 11.2. The third-order valence-electron chi connectivity index (χ3n) is 3.13. The third-order valence-corrected chi connectivity index (χ3v) is 3.13. The average Bonchev–Trinajstić information content (AvgIpc) is 2.46. The maximum atomic E-state index is 9.24. The Kier molecular flexibility index (Phi) is 3.03. The van der Waals surface area contributed by atoms with Gasteiger partial charge in [-0.15, -0.1) is 0 Å². The van der Waals surface area contributed by atoms with Crippen molar-refractivity contribution in [2.24, 2.45) is 0 Å². The van der Waals surface area contributed by atoms with E-state index in [1.807, 2.05) is 24.3 Å². The zero-order valence-corrected chi connectivity index (χ0v) is 10.5. The minimum absolute atomic E-state index is 0.294. The van der Waals surface area contributed by atoms with E-state index in [1.54, 1.807) is 12.1 Å². The Hall–Kier alpha value is -2.54. The molecule has 0 aliphatic carbocycles. The van der Waals surface area contributed by atoms with Crippen LogP contribution in [0.4, 0.5) is 0 Å². The van der Waals surface area contributed by atoms with Crippen molar-refractivity contribution in [3.05, 3.63) is 77.9 Å². The molecule has 19 heavy (non-hydrogen) atoms. The molecule has 0 aliphatic rings. The van der Waals surface area contributed by atoms with Gasteiger partial charge in [-0.05, 0) is 40.1 Å². The first-order chi connectivity index (χ1) is 9.31. The number of fused-ring (bicyclic) bond motifs is 1. The molecule has 1 nitrogen and oxygen atoms in total. The molecule has 0 spiro atoms. The Balaban J connectivity index is 1.90. The number of hydrogen-bond donors (Lipinski definition) is 1. The predicted octanol–water partition coefficient (Wildman–Crippen LogP) is 4.72. The Morgan fingerprint density at radius 1 is 0.632 bits per heavy atom. The molecule has 3 rings (SSSR count). The summed E-state index contributed by atoms with van der Waals surface area (Å²) in [7, 11) is 0. The highest BCUT2D eigenvalue weighted by Gasteiger charge is 1.93. The van der Waals surface area contributed by atoms with Gasteiger partial charge in [-0.2, -0.15) is 0 Å². The highest BCUT2D eigenvalue weighted by Crippen LogP contribution is 2.18. The van der Waals surface area contributed by atoms with E-state index < -0.39 is 0 Å². The van der Waals surface area contributed by atoms with Gasteiger partial charge in [-0.1, -0.05) is 60.7 Å². The fraction of sp³-hybridized carbons (Fsp3) is 0. The summed E-state index contributed by atoms with van der Waals surface area (Å²) in [5.41, 5.74) is 2.25. The lowest BCUT2D eigenvalue weighted by atomic mass is 10.1. The van der Waals surface area contributed by atoms with Gasteiger partial charge in [0, 0.05) is 0 Å². The van der Waals surface area contributed by atoms with Crippen molar-refractivity contribution in [1.29, 1.82) is 0 Å². The van der Waals surface area contributed by atoms with Crippen LogP contribution < -0.4 is 0 Å². The number of benzene rings is 3. The Morgan fingerprint density at radius 3 is 2.05 bits per heavy atom. The highest BCUT2D eigenvalue weighted by atomic mass is 16.3. The van der Waals surface area contributed by atoms with E-state index in [0.717, 1.165) is 5.56 Å². The van der Waals surface area contributed by atoms with E-state index >= 15 is 0 Å². The molecule has 0 saturated carbocycles. The van der Waals surface area contributed by atoms with Gasteiger partial charge >= 0.3 is 0 Å². The Bertz CT molecular complexity index is 724. The van der Waals surface area contributed by atoms with Gasteiger partial charge in [0.2, 0.25) is 0 Å². The van der Waals surface area contributed by atoms with Crippen molar-refractivity contribution in [1.82, 2.24) is 0 Å². The van der Waals surface area contributed by atoms with E-state index in [9.17, 15) is 5.11 Å². The first-order valence-electron chi connectivity index (χ1n) is 6.27. The standard InChI is InChI=1S/C18H14O/c19-18-11-8-14(9-12-18)5-6-15-7-10-16-3-1-2-4-17(16)13-15/h1-13,19H/b6-5+. The molecule has 0 radical (unpaired) electrons. The SMILES string of the molecule is Oc1ccc(/C=C/c2ccc3ccccc3c2)cc1. The van der Waals surface area contributed by atoms with Gasteiger partial charge in [0.05, 0.1) is 0 Å². The number of aromatic hydroxyl groups is 1. The molecule has 0 fully saturated rings. The van der Waals surface area contributed by atoms with Crippen molar-refractivity contribution >= 4 is 22.9 Å². The molecule has 0 heterocycles. The molecular weight excluding hydrogens is 232 g/mol. The van der Waals surface area contributed by atoms with E-state index in [0.29, 0.717) is 5.75 Å². The van der Waals surface area contributed by atoms with Crippen LogP contribution in [0, 0.1) is 0 Å². The van der Waals surface area contributed by atoms with Crippen LogP contribution in [0.3, 0.4) is 0 Å². The molecule has 0 unspecified atom stereocenters. The summed E-state index contributed by atoms with van der Waals surface area (Å²) in [5.74, 6) is 0.294. The van der Waals surface area contributed by atoms with Crippen molar-refractivity contribution in [3.8, 4) is 5.75 Å². The molecule has 3 aromatic rings. The summed E-state index contributed by atoms with van der Waals surface area (Å²) >= 11 is 0. The topological polar surface area (TPSA) is 20.2 Å². The first-order valence-corrected chi connectivity index (χ1v) is 6.27. The van der Waals surface area contributed by atoms with Crippen LogP contribution in [0.25, 0.3) is 22.9 Å². The van der Waals surface area contributed by atoms with Gasteiger partial charge < -0.3 is 5.11 Å².